The smallest absolute Gasteiger partial charge is 0.255 e. The molecule has 0 saturated heterocycles. The topological polar surface area (TPSA) is 65.7 Å². The number of hydrogen-bond acceptors (Lipinski definition) is 3. The first kappa shape index (κ1) is 18.2. The molecule has 2 N–H and O–H groups in total. The normalized spacial score (nSPS) is 11.6. The van der Waals surface area contributed by atoms with Crippen molar-refractivity contribution in [1.29, 1.82) is 0 Å². The molecule has 2 aromatic rings. The quantitative estimate of drug-likeness (QED) is 0.853. The van der Waals surface area contributed by atoms with Crippen LogP contribution in [-0.2, 0) is 0 Å². The Morgan fingerprint density at radius 2 is 1.75 bits per heavy atom. The third-order valence-electron chi connectivity index (χ3n) is 4.40. The molecule has 0 spiro atoms. The minimum Gasteiger partial charge on any atom is -0.396 e. The molecule has 5 heteroatoms. The Labute approximate surface area is 143 Å². The number of para-hydroxylation sites is 1. The van der Waals surface area contributed by atoms with Crippen LogP contribution in [0.2, 0.25) is 0 Å². The van der Waals surface area contributed by atoms with Crippen LogP contribution >= 0.6 is 0 Å². The fourth-order valence-electron chi connectivity index (χ4n) is 2.95. The van der Waals surface area contributed by atoms with Gasteiger partial charge in [-0.3, -0.25) is 4.79 Å². The first-order valence-corrected chi connectivity index (χ1v) is 8.04. The average molecular weight is 330 g/mol. The van der Waals surface area contributed by atoms with E-state index in [1.165, 1.54) is 0 Å². The molecule has 1 amide bonds. The highest BCUT2D eigenvalue weighted by atomic mass is 16.3. The summed E-state index contributed by atoms with van der Waals surface area (Å²) in [7, 11) is 1.69. The van der Waals surface area contributed by atoms with Gasteiger partial charge in [-0.15, -0.1) is 0 Å². The monoisotopic (exact) mass is 330 g/mol. The fourth-order valence-corrected chi connectivity index (χ4v) is 2.95. The number of benzene rings is 1. The number of hydrogen-bond donors (Lipinski definition) is 2. The molecule has 0 aliphatic heterocycles. The van der Waals surface area contributed by atoms with Crippen molar-refractivity contribution in [3.05, 3.63) is 53.3 Å². The maximum Gasteiger partial charge on any atom is 0.255 e. The van der Waals surface area contributed by atoms with E-state index in [1.807, 2.05) is 50.2 Å². The number of amides is 1. The number of carbonyl (C=O) groups excluding carboxylic acids is 1. The van der Waals surface area contributed by atoms with Crippen molar-refractivity contribution in [3.63, 3.8) is 0 Å². The zero-order chi connectivity index (χ0) is 17.9. The van der Waals surface area contributed by atoms with Crippen molar-refractivity contribution < 1.29 is 15.0 Å². The molecule has 0 fully saturated rings. The van der Waals surface area contributed by atoms with Crippen molar-refractivity contribution in [3.8, 4) is 5.69 Å². The Morgan fingerprint density at radius 1 is 1.17 bits per heavy atom. The lowest BCUT2D eigenvalue weighted by Crippen LogP contribution is -2.41. The number of rotatable bonds is 6. The van der Waals surface area contributed by atoms with Gasteiger partial charge in [-0.25, -0.2) is 0 Å². The second kappa shape index (κ2) is 7.20. The molecule has 1 aromatic heterocycles. The molecule has 1 heterocycles. The van der Waals surface area contributed by atoms with Gasteiger partial charge in [-0.1, -0.05) is 25.1 Å². The van der Waals surface area contributed by atoms with E-state index >= 15 is 0 Å². The number of aliphatic hydroxyl groups is 2. The number of carbonyl (C=O) groups is 1. The summed E-state index contributed by atoms with van der Waals surface area (Å²) in [4.78, 5) is 14.4. The van der Waals surface area contributed by atoms with Crippen molar-refractivity contribution in [2.24, 2.45) is 5.41 Å². The lowest BCUT2D eigenvalue weighted by molar-refractivity contribution is 0.0366. The number of aryl methyl sites for hydroxylation is 1. The maximum absolute atomic E-state index is 12.8. The Bertz CT molecular complexity index is 703. The van der Waals surface area contributed by atoms with Gasteiger partial charge in [-0.05, 0) is 32.0 Å². The standard InChI is InChI=1S/C19H26N2O3/c1-14-10-17(15(2)21(14)16-8-6-5-7-9-16)18(24)20(4)11-19(3,12-22)13-23/h5-10,22-23H,11-13H2,1-4H3. The van der Waals surface area contributed by atoms with E-state index in [0.29, 0.717) is 5.56 Å². The SMILES string of the molecule is Cc1cc(C(=O)N(C)CC(C)(CO)CO)c(C)n1-c1ccccc1. The third-order valence-corrected chi connectivity index (χ3v) is 4.40. The van der Waals surface area contributed by atoms with Gasteiger partial charge < -0.3 is 19.7 Å². The summed E-state index contributed by atoms with van der Waals surface area (Å²) in [6.07, 6.45) is 0. The zero-order valence-corrected chi connectivity index (χ0v) is 14.8. The Balaban J connectivity index is 2.31. The van der Waals surface area contributed by atoms with E-state index in [0.717, 1.165) is 17.1 Å². The molecule has 0 aliphatic carbocycles. The Hall–Kier alpha value is -2.11. The Morgan fingerprint density at radius 3 is 2.29 bits per heavy atom. The highest BCUT2D eigenvalue weighted by Crippen LogP contribution is 2.23. The van der Waals surface area contributed by atoms with Crippen molar-refractivity contribution in [2.45, 2.75) is 20.8 Å². The van der Waals surface area contributed by atoms with Gasteiger partial charge in [0, 0.05) is 36.1 Å². The molecule has 0 bridgehead atoms. The van der Waals surface area contributed by atoms with Gasteiger partial charge >= 0.3 is 0 Å². The summed E-state index contributed by atoms with van der Waals surface area (Å²) in [5.41, 5.74) is 2.81. The second-order valence-corrected chi connectivity index (χ2v) is 6.74. The van der Waals surface area contributed by atoms with Crippen LogP contribution in [0.3, 0.4) is 0 Å². The van der Waals surface area contributed by atoms with Crippen LogP contribution in [0.15, 0.2) is 36.4 Å². The van der Waals surface area contributed by atoms with Crippen LogP contribution in [0.4, 0.5) is 0 Å². The predicted octanol–water partition coefficient (Wildman–Crippen LogP) is 2.16. The molecule has 24 heavy (non-hydrogen) atoms. The lowest BCUT2D eigenvalue weighted by Gasteiger charge is -2.30. The number of nitrogens with zero attached hydrogens (tertiary/aromatic N) is 2. The summed E-state index contributed by atoms with van der Waals surface area (Å²) in [5, 5.41) is 18.9. The highest BCUT2D eigenvalue weighted by Gasteiger charge is 2.28. The molecule has 5 nitrogen and oxygen atoms in total. The molecule has 1 aromatic carbocycles. The largest absolute Gasteiger partial charge is 0.396 e. The average Bonchev–Trinajstić information content (AvgIpc) is 2.89. The summed E-state index contributed by atoms with van der Waals surface area (Å²) in [6.45, 7) is 5.59. The van der Waals surface area contributed by atoms with E-state index in [2.05, 4.69) is 4.57 Å². The van der Waals surface area contributed by atoms with Gasteiger partial charge in [0.25, 0.3) is 5.91 Å². The van der Waals surface area contributed by atoms with Gasteiger partial charge in [0.05, 0.1) is 18.8 Å². The molecule has 0 atom stereocenters. The van der Waals surface area contributed by atoms with Crippen molar-refractivity contribution in [2.75, 3.05) is 26.8 Å². The third kappa shape index (κ3) is 3.52. The number of aromatic nitrogens is 1. The van der Waals surface area contributed by atoms with Gasteiger partial charge in [0.15, 0.2) is 0 Å². The molecular weight excluding hydrogens is 304 g/mol. The molecule has 2 rings (SSSR count). The molecular formula is C19H26N2O3. The summed E-state index contributed by atoms with van der Waals surface area (Å²) in [6, 6.07) is 11.8. The van der Waals surface area contributed by atoms with Crippen LogP contribution in [-0.4, -0.2) is 52.4 Å². The van der Waals surface area contributed by atoms with Crippen LogP contribution < -0.4 is 0 Å². The van der Waals surface area contributed by atoms with Crippen LogP contribution in [0.25, 0.3) is 5.69 Å². The predicted molar refractivity (Wildman–Crippen MR) is 94.5 cm³/mol. The van der Waals surface area contributed by atoms with Crippen molar-refractivity contribution in [1.82, 2.24) is 9.47 Å². The molecule has 0 aliphatic rings. The van der Waals surface area contributed by atoms with Crippen LogP contribution in [0.1, 0.15) is 28.7 Å². The minimum atomic E-state index is -0.713. The second-order valence-electron chi connectivity index (χ2n) is 6.74. The molecule has 0 unspecified atom stereocenters. The zero-order valence-electron chi connectivity index (χ0n) is 14.8. The van der Waals surface area contributed by atoms with Gasteiger partial charge in [0.2, 0.25) is 0 Å². The van der Waals surface area contributed by atoms with E-state index < -0.39 is 5.41 Å². The number of aliphatic hydroxyl groups excluding tert-OH is 2. The highest BCUT2D eigenvalue weighted by molar-refractivity contribution is 5.95. The fraction of sp³-hybridized carbons (Fsp3) is 0.421. The molecule has 130 valence electrons. The van der Waals surface area contributed by atoms with Gasteiger partial charge in [0.1, 0.15) is 0 Å². The van der Waals surface area contributed by atoms with Crippen LogP contribution in [0.5, 0.6) is 0 Å². The van der Waals surface area contributed by atoms with E-state index in [-0.39, 0.29) is 25.7 Å². The van der Waals surface area contributed by atoms with E-state index in [9.17, 15) is 15.0 Å². The molecule has 0 radical (unpaired) electrons. The van der Waals surface area contributed by atoms with Crippen molar-refractivity contribution >= 4 is 5.91 Å². The Kier molecular flexibility index (Phi) is 5.47. The first-order chi connectivity index (χ1) is 11.3. The van der Waals surface area contributed by atoms with E-state index in [1.54, 1.807) is 18.9 Å². The first-order valence-electron chi connectivity index (χ1n) is 8.04. The summed E-state index contributed by atoms with van der Waals surface area (Å²) < 4.78 is 2.05. The maximum atomic E-state index is 12.8. The van der Waals surface area contributed by atoms with E-state index in [4.69, 9.17) is 0 Å². The lowest BCUT2D eigenvalue weighted by atomic mass is 9.92. The van der Waals surface area contributed by atoms with Crippen LogP contribution in [0, 0.1) is 19.3 Å². The summed E-state index contributed by atoms with van der Waals surface area (Å²) >= 11 is 0. The van der Waals surface area contributed by atoms with Gasteiger partial charge in [-0.2, -0.15) is 0 Å². The molecule has 0 saturated carbocycles. The summed E-state index contributed by atoms with van der Waals surface area (Å²) in [5.74, 6) is -0.113. The minimum absolute atomic E-state index is 0.113.